The van der Waals surface area contributed by atoms with Gasteiger partial charge in [0.25, 0.3) is 0 Å². The molecule has 1 aliphatic rings. The Bertz CT molecular complexity index is 871. The van der Waals surface area contributed by atoms with Crippen LogP contribution in [0.5, 0.6) is 5.75 Å². The fourth-order valence-electron chi connectivity index (χ4n) is 2.88. The van der Waals surface area contributed by atoms with Gasteiger partial charge in [-0.25, -0.2) is 0 Å². The Morgan fingerprint density at radius 1 is 1.19 bits per heavy atom. The molecule has 0 saturated carbocycles. The number of benzene rings is 1. The fraction of sp³-hybridized carbons (Fsp3) is 0.476. The topological polar surface area (TPSA) is 40.5 Å². The summed E-state index contributed by atoms with van der Waals surface area (Å²) in [6.07, 6.45) is 4.20. The lowest BCUT2D eigenvalue weighted by Gasteiger charge is -2.36. The lowest BCUT2D eigenvalue weighted by atomic mass is 10.0. The summed E-state index contributed by atoms with van der Waals surface area (Å²) in [5.41, 5.74) is 2.85. The highest BCUT2D eigenvalue weighted by atomic mass is 28.4. The van der Waals surface area contributed by atoms with Gasteiger partial charge in [0.15, 0.2) is 14.1 Å². The van der Waals surface area contributed by atoms with Crippen LogP contribution in [0.3, 0.4) is 0 Å². The largest absolute Gasteiger partial charge is 0.489 e. The Balaban J connectivity index is 1.95. The lowest BCUT2D eigenvalue weighted by Crippen LogP contribution is -2.40. The molecule has 26 heavy (non-hydrogen) atoms. The Kier molecular flexibility index (Phi) is 4.88. The number of fused-ring (bicyclic) bond motifs is 2. The van der Waals surface area contributed by atoms with E-state index in [1.807, 2.05) is 31.3 Å². The van der Waals surface area contributed by atoms with Crippen molar-refractivity contribution in [1.29, 1.82) is 0 Å². The summed E-state index contributed by atoms with van der Waals surface area (Å²) in [6.45, 7) is 12.4. The van der Waals surface area contributed by atoms with Crippen LogP contribution >= 0.6 is 0 Å². The SMILES string of the molecule is Cn1c(CO[Si](C)(C)C(C)(C)C)cc2cc3c(cc21)OCC=CCC3=O. The van der Waals surface area contributed by atoms with Gasteiger partial charge in [0.1, 0.15) is 12.4 Å². The molecule has 140 valence electrons. The highest BCUT2D eigenvalue weighted by Gasteiger charge is 2.37. The summed E-state index contributed by atoms with van der Waals surface area (Å²) in [5, 5.41) is 1.24. The average Bonchev–Trinajstić information content (AvgIpc) is 2.85. The van der Waals surface area contributed by atoms with Crippen molar-refractivity contribution in [3.05, 3.63) is 41.6 Å². The van der Waals surface area contributed by atoms with Gasteiger partial charge in [-0.3, -0.25) is 4.79 Å². The van der Waals surface area contributed by atoms with Crippen LogP contribution < -0.4 is 4.74 Å². The maximum Gasteiger partial charge on any atom is 0.192 e. The summed E-state index contributed by atoms with van der Waals surface area (Å²) in [5.74, 6) is 0.769. The van der Waals surface area contributed by atoms with Crippen LogP contribution in [0.1, 0.15) is 43.2 Å². The molecule has 1 aliphatic heterocycles. The maximum absolute atomic E-state index is 12.4. The van der Waals surface area contributed by atoms with Crippen LogP contribution in [0.25, 0.3) is 10.9 Å². The number of aryl methyl sites for hydroxylation is 1. The quantitative estimate of drug-likeness (QED) is 0.548. The predicted molar refractivity (Wildman–Crippen MR) is 108 cm³/mol. The van der Waals surface area contributed by atoms with Crippen molar-refractivity contribution < 1.29 is 14.0 Å². The number of Topliss-reactive ketones (excluding diaryl/α,β-unsaturated/α-hetero) is 1. The van der Waals surface area contributed by atoms with E-state index in [4.69, 9.17) is 9.16 Å². The van der Waals surface area contributed by atoms with Gasteiger partial charge < -0.3 is 13.7 Å². The van der Waals surface area contributed by atoms with Gasteiger partial charge >= 0.3 is 0 Å². The second-order valence-electron chi connectivity index (χ2n) is 8.56. The highest BCUT2D eigenvalue weighted by Crippen LogP contribution is 2.37. The van der Waals surface area contributed by atoms with Crippen molar-refractivity contribution in [2.24, 2.45) is 7.05 Å². The van der Waals surface area contributed by atoms with Gasteiger partial charge in [-0.15, -0.1) is 0 Å². The van der Waals surface area contributed by atoms with Crippen molar-refractivity contribution in [2.75, 3.05) is 6.61 Å². The Morgan fingerprint density at radius 3 is 2.62 bits per heavy atom. The molecule has 0 unspecified atom stereocenters. The second-order valence-corrected chi connectivity index (χ2v) is 13.4. The molecule has 5 heteroatoms. The van der Waals surface area contributed by atoms with Crippen molar-refractivity contribution in [1.82, 2.24) is 4.57 Å². The summed E-state index contributed by atoms with van der Waals surface area (Å²) < 4.78 is 14.3. The summed E-state index contributed by atoms with van der Waals surface area (Å²) in [4.78, 5) is 12.4. The molecule has 1 aromatic carbocycles. The van der Waals surface area contributed by atoms with Crippen molar-refractivity contribution in [3.8, 4) is 5.75 Å². The maximum atomic E-state index is 12.4. The Hall–Kier alpha value is -1.85. The van der Waals surface area contributed by atoms with E-state index in [2.05, 4.69) is 44.5 Å². The molecule has 0 amide bonds. The van der Waals surface area contributed by atoms with E-state index in [9.17, 15) is 4.79 Å². The zero-order chi connectivity index (χ0) is 19.1. The number of ketones is 1. The van der Waals surface area contributed by atoms with E-state index in [1.165, 1.54) is 0 Å². The van der Waals surface area contributed by atoms with Gasteiger partial charge in [-0.2, -0.15) is 0 Å². The minimum Gasteiger partial charge on any atom is -0.489 e. The highest BCUT2D eigenvalue weighted by molar-refractivity contribution is 6.74. The normalized spacial score (nSPS) is 15.5. The molecule has 0 bridgehead atoms. The summed E-state index contributed by atoms with van der Waals surface area (Å²) in [6, 6.07) is 6.07. The summed E-state index contributed by atoms with van der Waals surface area (Å²) in [7, 11) is 0.236. The number of carbonyl (C=O) groups excluding carboxylic acids is 1. The van der Waals surface area contributed by atoms with E-state index in [0.29, 0.717) is 30.9 Å². The van der Waals surface area contributed by atoms with Crippen LogP contribution in [0.2, 0.25) is 18.1 Å². The van der Waals surface area contributed by atoms with Gasteiger partial charge in [0.2, 0.25) is 0 Å². The third-order valence-electron chi connectivity index (χ3n) is 5.74. The van der Waals surface area contributed by atoms with Crippen LogP contribution in [0.15, 0.2) is 30.4 Å². The number of nitrogens with zero attached hydrogens (tertiary/aromatic N) is 1. The number of allylic oxidation sites excluding steroid dienone is 1. The molecule has 0 fully saturated rings. The molecule has 2 aromatic rings. The third-order valence-corrected chi connectivity index (χ3v) is 10.2. The molecule has 3 rings (SSSR count). The van der Waals surface area contributed by atoms with Gasteiger partial charge in [-0.05, 0) is 30.3 Å². The molecule has 2 heterocycles. The summed E-state index contributed by atoms with van der Waals surface area (Å²) >= 11 is 0. The van der Waals surface area contributed by atoms with Crippen LogP contribution in [-0.2, 0) is 18.1 Å². The number of ether oxygens (including phenoxy) is 1. The fourth-order valence-corrected chi connectivity index (χ4v) is 3.82. The average molecular weight is 372 g/mol. The first-order chi connectivity index (χ1) is 12.1. The number of hydrogen-bond acceptors (Lipinski definition) is 3. The smallest absolute Gasteiger partial charge is 0.192 e. The number of carbonyl (C=O) groups is 1. The second kappa shape index (κ2) is 6.71. The van der Waals surface area contributed by atoms with E-state index < -0.39 is 8.32 Å². The van der Waals surface area contributed by atoms with E-state index in [1.54, 1.807) is 0 Å². The van der Waals surface area contributed by atoms with Crippen molar-refractivity contribution in [3.63, 3.8) is 0 Å². The first kappa shape index (κ1) is 18.9. The molecule has 0 N–H and O–H groups in total. The molecule has 0 radical (unpaired) electrons. The lowest BCUT2D eigenvalue weighted by molar-refractivity contribution is 0.0991. The minimum absolute atomic E-state index is 0.0979. The van der Waals surface area contributed by atoms with Gasteiger partial charge in [-0.1, -0.05) is 32.9 Å². The molecule has 1 aromatic heterocycles. The Morgan fingerprint density at radius 2 is 1.92 bits per heavy atom. The first-order valence-electron chi connectivity index (χ1n) is 9.17. The van der Waals surface area contributed by atoms with Gasteiger partial charge in [0, 0.05) is 30.6 Å². The van der Waals surface area contributed by atoms with Gasteiger partial charge in [0.05, 0.1) is 17.7 Å². The van der Waals surface area contributed by atoms with Crippen LogP contribution in [-0.4, -0.2) is 25.3 Å². The number of hydrogen-bond donors (Lipinski definition) is 0. The van der Waals surface area contributed by atoms with Crippen LogP contribution in [0, 0.1) is 0 Å². The molecular formula is C21H29NO3Si. The minimum atomic E-state index is -1.81. The molecular weight excluding hydrogens is 342 g/mol. The van der Waals surface area contributed by atoms with Crippen LogP contribution in [0.4, 0.5) is 0 Å². The zero-order valence-corrected chi connectivity index (χ0v) is 17.7. The Labute approximate surface area is 156 Å². The van der Waals surface area contributed by atoms with Crippen molar-refractivity contribution in [2.45, 2.75) is 51.9 Å². The monoisotopic (exact) mass is 371 g/mol. The first-order valence-corrected chi connectivity index (χ1v) is 12.1. The molecule has 0 atom stereocenters. The molecule has 4 nitrogen and oxygen atoms in total. The molecule has 0 spiro atoms. The zero-order valence-electron chi connectivity index (χ0n) is 16.7. The number of rotatable bonds is 3. The predicted octanol–water partition coefficient (Wildman–Crippen LogP) is 5.22. The molecule has 0 saturated heterocycles. The van der Waals surface area contributed by atoms with E-state index in [0.717, 1.165) is 16.6 Å². The van der Waals surface area contributed by atoms with E-state index >= 15 is 0 Å². The standard InChI is InChI=1S/C21H29NO3Si/c1-21(2,3)26(5,6)25-14-16-11-15-12-17-19(23)9-7-8-10-24-20(17)13-18(15)22(16)4/h7-8,11-13H,9-10,14H2,1-6H3. The molecule has 0 aliphatic carbocycles. The van der Waals surface area contributed by atoms with Crippen molar-refractivity contribution >= 4 is 25.0 Å². The number of aromatic nitrogens is 1. The third kappa shape index (κ3) is 3.51. The van der Waals surface area contributed by atoms with E-state index in [-0.39, 0.29) is 10.8 Å².